The average Bonchev–Trinajstić information content (AvgIpc) is 2.73. The van der Waals surface area contributed by atoms with Crippen LogP contribution in [0.5, 0.6) is 0 Å². The highest BCUT2D eigenvalue weighted by atomic mass is 35.5. The van der Waals surface area contributed by atoms with E-state index in [1.165, 1.54) is 0 Å². The lowest BCUT2D eigenvalue weighted by Crippen LogP contribution is -1.95. The summed E-state index contributed by atoms with van der Waals surface area (Å²) in [7, 11) is 0. The Labute approximate surface area is 118 Å². The molecule has 0 saturated carbocycles. The van der Waals surface area contributed by atoms with Crippen LogP contribution in [0, 0.1) is 16.1 Å². The second-order valence-corrected chi connectivity index (χ2v) is 4.78. The fraction of sp³-hybridized carbons (Fsp3) is 0. The zero-order valence-electron chi connectivity index (χ0n) is 9.59. The molecule has 19 heavy (non-hydrogen) atoms. The Balaban J connectivity index is 2.33. The number of rotatable bonds is 1. The van der Waals surface area contributed by atoms with Crippen LogP contribution in [0.2, 0.25) is 5.02 Å². The molecule has 92 valence electrons. The number of hydrogen-bond acceptors (Lipinski definition) is 3. The van der Waals surface area contributed by atoms with Crippen molar-refractivity contribution in [3.8, 4) is 11.8 Å². The van der Waals surface area contributed by atoms with E-state index >= 15 is 0 Å². The summed E-state index contributed by atoms with van der Waals surface area (Å²) in [5.41, 5.74) is 2.82. The predicted molar refractivity (Wildman–Crippen MR) is 76.0 cm³/mol. The van der Waals surface area contributed by atoms with E-state index < -0.39 is 0 Å². The first kappa shape index (κ1) is 11.9. The van der Waals surface area contributed by atoms with Crippen molar-refractivity contribution >= 4 is 35.0 Å². The number of pyridine rings is 1. The Bertz CT molecular complexity index is 872. The van der Waals surface area contributed by atoms with Crippen molar-refractivity contribution in [2.24, 2.45) is 0 Å². The minimum Gasteiger partial charge on any atom is -0.329 e. The lowest BCUT2D eigenvalue weighted by Gasteiger charge is -2.03. The number of benzene rings is 1. The van der Waals surface area contributed by atoms with Crippen molar-refractivity contribution in [3.05, 3.63) is 51.9 Å². The first-order valence-electron chi connectivity index (χ1n) is 5.46. The van der Waals surface area contributed by atoms with Gasteiger partial charge in [-0.15, -0.1) is 0 Å². The molecule has 2 heterocycles. The number of fused-ring (bicyclic) bond motifs is 1. The van der Waals surface area contributed by atoms with Crippen molar-refractivity contribution < 1.29 is 0 Å². The largest absolute Gasteiger partial charge is 0.329 e. The number of nitriles is 1. The molecule has 3 rings (SSSR count). The molecule has 3 aromatic rings. The van der Waals surface area contributed by atoms with Gasteiger partial charge in [0.15, 0.2) is 10.4 Å². The summed E-state index contributed by atoms with van der Waals surface area (Å²) in [6, 6.07) is 11.1. The van der Waals surface area contributed by atoms with E-state index in [0.717, 1.165) is 11.2 Å². The molecule has 1 N–H and O–H groups in total. The van der Waals surface area contributed by atoms with Crippen LogP contribution in [0.25, 0.3) is 16.9 Å². The topological polar surface area (TPSA) is 57.4 Å². The van der Waals surface area contributed by atoms with Crippen molar-refractivity contribution in [1.82, 2.24) is 14.5 Å². The number of nitrogens with zero attached hydrogens (tertiary/aromatic N) is 3. The van der Waals surface area contributed by atoms with Crippen LogP contribution < -0.4 is 0 Å². The number of H-pyrrole nitrogens is 1. The van der Waals surface area contributed by atoms with E-state index in [2.05, 4.69) is 16.0 Å². The summed E-state index contributed by atoms with van der Waals surface area (Å²) in [5.74, 6) is 0. The second-order valence-electron chi connectivity index (χ2n) is 3.95. The van der Waals surface area contributed by atoms with Crippen molar-refractivity contribution in [2.75, 3.05) is 0 Å². The van der Waals surface area contributed by atoms with Gasteiger partial charge in [-0.05, 0) is 36.5 Å². The van der Waals surface area contributed by atoms with Gasteiger partial charge in [0.25, 0.3) is 0 Å². The molecule has 0 bridgehead atoms. The number of imidazole rings is 1. The van der Waals surface area contributed by atoms with E-state index in [4.69, 9.17) is 29.1 Å². The van der Waals surface area contributed by atoms with Gasteiger partial charge in [0, 0.05) is 6.20 Å². The minimum absolute atomic E-state index is 0.514. The zero-order chi connectivity index (χ0) is 13.4. The highest BCUT2D eigenvalue weighted by Crippen LogP contribution is 2.20. The maximum absolute atomic E-state index is 8.95. The quantitative estimate of drug-likeness (QED) is 0.695. The summed E-state index contributed by atoms with van der Waals surface area (Å²) in [5, 5.41) is 9.50. The van der Waals surface area contributed by atoms with Gasteiger partial charge in [-0.3, -0.25) is 4.57 Å². The highest BCUT2D eigenvalue weighted by molar-refractivity contribution is 7.71. The van der Waals surface area contributed by atoms with Crippen LogP contribution >= 0.6 is 23.8 Å². The molecule has 0 aliphatic heterocycles. The van der Waals surface area contributed by atoms with Gasteiger partial charge >= 0.3 is 0 Å². The van der Waals surface area contributed by atoms with Crippen molar-refractivity contribution in [3.63, 3.8) is 0 Å². The Hall–Kier alpha value is -2.16. The molecule has 1 aromatic carbocycles. The van der Waals surface area contributed by atoms with Crippen molar-refractivity contribution in [2.45, 2.75) is 0 Å². The maximum atomic E-state index is 8.95. The van der Waals surface area contributed by atoms with Crippen LogP contribution in [0.3, 0.4) is 0 Å². The lowest BCUT2D eigenvalue weighted by atomic mass is 10.2. The zero-order valence-corrected chi connectivity index (χ0v) is 11.2. The van der Waals surface area contributed by atoms with E-state index in [9.17, 15) is 0 Å². The molecule has 0 radical (unpaired) electrons. The van der Waals surface area contributed by atoms with Gasteiger partial charge in [0.1, 0.15) is 0 Å². The van der Waals surface area contributed by atoms with Crippen LogP contribution in [0.1, 0.15) is 5.56 Å². The smallest absolute Gasteiger partial charge is 0.183 e. The van der Waals surface area contributed by atoms with E-state index in [1.54, 1.807) is 29.0 Å². The van der Waals surface area contributed by atoms with Gasteiger partial charge in [-0.1, -0.05) is 17.7 Å². The number of aromatic amines is 1. The Morgan fingerprint density at radius 2 is 2.21 bits per heavy atom. The monoisotopic (exact) mass is 286 g/mol. The summed E-state index contributed by atoms with van der Waals surface area (Å²) < 4.78 is 2.29. The normalized spacial score (nSPS) is 10.5. The Kier molecular flexibility index (Phi) is 2.82. The fourth-order valence-electron chi connectivity index (χ4n) is 1.92. The average molecular weight is 287 g/mol. The molecule has 0 unspecified atom stereocenters. The molecule has 0 aliphatic rings. The highest BCUT2D eigenvalue weighted by Gasteiger charge is 2.08. The van der Waals surface area contributed by atoms with Crippen LogP contribution in [-0.4, -0.2) is 14.5 Å². The Morgan fingerprint density at radius 1 is 1.37 bits per heavy atom. The molecule has 0 spiro atoms. The molecular weight excluding hydrogens is 280 g/mol. The summed E-state index contributed by atoms with van der Waals surface area (Å²) in [4.78, 5) is 7.34. The van der Waals surface area contributed by atoms with Gasteiger partial charge in [0.05, 0.1) is 27.9 Å². The predicted octanol–water partition coefficient (Wildman–Crippen LogP) is 3.61. The minimum atomic E-state index is 0.514. The third-order valence-corrected chi connectivity index (χ3v) is 3.21. The number of halogens is 1. The summed E-state index contributed by atoms with van der Waals surface area (Å²) in [6.45, 7) is 0. The van der Waals surface area contributed by atoms with Crippen molar-refractivity contribution in [1.29, 1.82) is 5.26 Å². The van der Waals surface area contributed by atoms with Crippen LogP contribution in [-0.2, 0) is 0 Å². The third kappa shape index (κ3) is 2.01. The molecule has 4 nitrogen and oxygen atoms in total. The second kappa shape index (κ2) is 4.50. The third-order valence-electron chi connectivity index (χ3n) is 2.72. The van der Waals surface area contributed by atoms with Gasteiger partial charge in [-0.25, -0.2) is 4.98 Å². The van der Waals surface area contributed by atoms with E-state index in [0.29, 0.717) is 21.0 Å². The number of aromatic nitrogens is 3. The lowest BCUT2D eigenvalue weighted by molar-refractivity contribution is 1.04. The van der Waals surface area contributed by atoms with E-state index in [1.807, 2.05) is 12.1 Å². The summed E-state index contributed by atoms with van der Waals surface area (Å²) >= 11 is 11.2. The molecule has 2 aromatic heterocycles. The Morgan fingerprint density at radius 3 is 3.00 bits per heavy atom. The first-order valence-corrected chi connectivity index (χ1v) is 6.24. The molecule has 0 amide bonds. The standard InChI is InChI=1S/C13H7ClN4S/c14-9-5-11-12(16-7-9)18(13(19)17-11)10-3-1-2-8(4-10)6-15/h1-5,7H,(H,17,19). The molecule has 0 aliphatic carbocycles. The van der Waals surface area contributed by atoms with Crippen LogP contribution in [0.4, 0.5) is 0 Å². The first-order chi connectivity index (χ1) is 9.19. The SMILES string of the molecule is N#Cc1cccc(-n2c(=S)[nH]c3cc(Cl)cnc32)c1. The summed E-state index contributed by atoms with van der Waals surface area (Å²) in [6.07, 6.45) is 1.57. The van der Waals surface area contributed by atoms with E-state index in [-0.39, 0.29) is 0 Å². The molecular formula is C13H7ClN4S. The van der Waals surface area contributed by atoms with Crippen LogP contribution in [0.15, 0.2) is 36.5 Å². The molecule has 0 fully saturated rings. The number of nitrogens with one attached hydrogen (secondary N) is 1. The van der Waals surface area contributed by atoms with Gasteiger partial charge < -0.3 is 4.98 Å². The maximum Gasteiger partial charge on any atom is 0.183 e. The van der Waals surface area contributed by atoms with Gasteiger partial charge in [0.2, 0.25) is 0 Å². The molecule has 0 saturated heterocycles. The number of hydrogen-bond donors (Lipinski definition) is 1. The fourth-order valence-corrected chi connectivity index (χ4v) is 2.38. The van der Waals surface area contributed by atoms with Gasteiger partial charge in [-0.2, -0.15) is 5.26 Å². The molecule has 6 heteroatoms. The molecule has 0 atom stereocenters.